The third kappa shape index (κ3) is 5.53. The Morgan fingerprint density at radius 2 is 1.78 bits per heavy atom. The molecule has 0 aromatic carbocycles. The maximum absolute atomic E-state index is 14.0. The maximum Gasteiger partial charge on any atom is 0.508 e. The smallest absolute Gasteiger partial charge is 0.478 e. The fourth-order valence-electron chi connectivity index (χ4n) is 8.72. The second-order valence-electron chi connectivity index (χ2n) is 13.5. The van der Waals surface area contributed by atoms with Crippen molar-refractivity contribution in [3.8, 4) is 0 Å². The van der Waals surface area contributed by atoms with Gasteiger partial charge in [-0.1, -0.05) is 19.9 Å². The number of aliphatic carboxylic acids is 1. The van der Waals surface area contributed by atoms with Crippen molar-refractivity contribution in [2.24, 2.45) is 40.4 Å². The predicted octanol–water partition coefficient (Wildman–Crippen LogP) is 5.94. The highest BCUT2D eigenvalue weighted by Gasteiger charge is 2.62. The number of carbonyl (C=O) groups excluding carboxylic acids is 3. The van der Waals surface area contributed by atoms with Gasteiger partial charge < -0.3 is 19.9 Å². The van der Waals surface area contributed by atoms with Crippen molar-refractivity contribution < 1.29 is 33.8 Å². The highest BCUT2D eigenvalue weighted by molar-refractivity contribution is 5.96. The van der Waals surface area contributed by atoms with E-state index in [1.807, 2.05) is 33.8 Å². The van der Waals surface area contributed by atoms with Gasteiger partial charge in [-0.2, -0.15) is 0 Å². The average molecular weight is 573 g/mol. The number of ether oxygens (including phenoxy) is 2. The number of imide groups is 1. The van der Waals surface area contributed by atoms with Gasteiger partial charge in [-0.05, 0) is 108 Å². The molecule has 7 atom stereocenters. The lowest BCUT2D eigenvalue weighted by Crippen LogP contribution is -2.56. The fraction of sp³-hybridized carbons (Fsp3) is 0.750. The van der Waals surface area contributed by atoms with Gasteiger partial charge in [0.05, 0.1) is 13.2 Å². The van der Waals surface area contributed by atoms with Crippen molar-refractivity contribution in [3.63, 3.8) is 0 Å². The SMILES string of the molecule is CCOC(=O)OCC1CC(C(=O)O)=CC2=CC[C@H]3[C@@H]4CC[C@H](C(=O)N(C(=O)NC(C)C)C(C)C)[C@@]4(C)CC[C@@H]3[C@]21C. The van der Waals surface area contributed by atoms with Gasteiger partial charge in [0.25, 0.3) is 0 Å². The van der Waals surface area contributed by atoms with Crippen molar-refractivity contribution in [1.29, 1.82) is 0 Å². The number of carboxylic acids is 1. The van der Waals surface area contributed by atoms with Gasteiger partial charge in [0.15, 0.2) is 0 Å². The third-order valence-electron chi connectivity index (χ3n) is 10.7. The Morgan fingerprint density at radius 3 is 2.39 bits per heavy atom. The van der Waals surface area contributed by atoms with Crippen molar-refractivity contribution in [2.45, 2.75) is 99.1 Å². The molecule has 2 fully saturated rings. The molecule has 9 heteroatoms. The van der Waals surface area contributed by atoms with E-state index in [1.165, 1.54) is 4.90 Å². The average Bonchev–Trinajstić information content (AvgIpc) is 3.23. The number of nitrogens with zero attached hydrogens (tertiary/aromatic N) is 1. The molecule has 9 nitrogen and oxygen atoms in total. The molecule has 228 valence electrons. The number of hydrogen-bond acceptors (Lipinski definition) is 6. The summed E-state index contributed by atoms with van der Waals surface area (Å²) in [5.41, 5.74) is 0.772. The van der Waals surface area contributed by atoms with Crippen molar-refractivity contribution >= 4 is 24.1 Å². The molecule has 3 amide bonds. The summed E-state index contributed by atoms with van der Waals surface area (Å²) in [7, 11) is 0. The summed E-state index contributed by atoms with van der Waals surface area (Å²) in [6, 6.07) is -0.627. The summed E-state index contributed by atoms with van der Waals surface area (Å²) in [6.07, 6.45) is 7.87. The number of rotatable bonds is 7. The Bertz CT molecular complexity index is 1130. The zero-order valence-corrected chi connectivity index (χ0v) is 25.7. The van der Waals surface area contributed by atoms with E-state index in [9.17, 15) is 24.3 Å². The van der Waals surface area contributed by atoms with Crippen LogP contribution in [0, 0.1) is 40.4 Å². The minimum atomic E-state index is -0.944. The summed E-state index contributed by atoms with van der Waals surface area (Å²) < 4.78 is 10.5. The van der Waals surface area contributed by atoms with Gasteiger partial charge in [-0.25, -0.2) is 14.4 Å². The normalized spacial score (nSPS) is 34.0. The number of hydrogen-bond donors (Lipinski definition) is 2. The number of urea groups is 1. The maximum atomic E-state index is 14.0. The van der Waals surface area contributed by atoms with E-state index < -0.39 is 12.1 Å². The molecule has 4 aliphatic rings. The van der Waals surface area contributed by atoms with E-state index in [1.54, 1.807) is 6.92 Å². The molecule has 0 radical (unpaired) electrons. The summed E-state index contributed by atoms with van der Waals surface area (Å²) in [5, 5.41) is 12.7. The number of fused-ring (bicyclic) bond motifs is 5. The first-order valence-electron chi connectivity index (χ1n) is 15.3. The zero-order chi connectivity index (χ0) is 30.3. The molecule has 0 aromatic heterocycles. The molecule has 1 unspecified atom stereocenters. The van der Waals surface area contributed by atoms with Crippen LogP contribution in [0.2, 0.25) is 0 Å². The number of amides is 3. The molecule has 4 rings (SSSR count). The molecule has 0 heterocycles. The summed E-state index contributed by atoms with van der Waals surface area (Å²) in [4.78, 5) is 52.6. The van der Waals surface area contributed by atoms with E-state index in [4.69, 9.17) is 9.47 Å². The van der Waals surface area contributed by atoms with Gasteiger partial charge >= 0.3 is 18.2 Å². The van der Waals surface area contributed by atoms with Crippen LogP contribution in [0.1, 0.15) is 87.0 Å². The van der Waals surface area contributed by atoms with E-state index >= 15 is 0 Å². The summed E-state index contributed by atoms with van der Waals surface area (Å²) >= 11 is 0. The first kappa shape index (κ1) is 31.1. The van der Waals surface area contributed by atoms with Crippen LogP contribution in [0.3, 0.4) is 0 Å². The fourth-order valence-corrected chi connectivity index (χ4v) is 8.72. The minimum absolute atomic E-state index is 0.0604. The van der Waals surface area contributed by atoms with Crippen LogP contribution in [0.25, 0.3) is 0 Å². The third-order valence-corrected chi connectivity index (χ3v) is 10.7. The van der Waals surface area contributed by atoms with Gasteiger partial charge in [-0.15, -0.1) is 0 Å². The summed E-state index contributed by atoms with van der Waals surface area (Å²) in [5.74, 6) is -0.540. The minimum Gasteiger partial charge on any atom is -0.478 e. The lowest BCUT2D eigenvalue weighted by Gasteiger charge is -2.59. The van der Waals surface area contributed by atoms with E-state index in [0.29, 0.717) is 23.8 Å². The Balaban J connectivity index is 1.63. The van der Waals surface area contributed by atoms with Crippen LogP contribution < -0.4 is 5.32 Å². The van der Waals surface area contributed by atoms with Gasteiger partial charge in [-0.3, -0.25) is 9.69 Å². The molecule has 0 aromatic rings. The Labute approximate surface area is 244 Å². The van der Waals surface area contributed by atoms with E-state index in [0.717, 1.165) is 37.7 Å². The summed E-state index contributed by atoms with van der Waals surface area (Å²) in [6.45, 7) is 14.0. The van der Waals surface area contributed by atoms with E-state index in [2.05, 4.69) is 25.2 Å². The molecular weight excluding hydrogens is 524 g/mol. The molecule has 2 N–H and O–H groups in total. The van der Waals surface area contributed by atoms with Crippen LogP contribution in [0.4, 0.5) is 9.59 Å². The monoisotopic (exact) mass is 572 g/mol. The highest BCUT2D eigenvalue weighted by Crippen LogP contribution is 2.67. The molecule has 0 saturated heterocycles. The van der Waals surface area contributed by atoms with Crippen molar-refractivity contribution in [3.05, 3.63) is 23.3 Å². The predicted molar refractivity (Wildman–Crippen MR) is 154 cm³/mol. The molecule has 2 saturated carbocycles. The molecule has 41 heavy (non-hydrogen) atoms. The van der Waals surface area contributed by atoms with Gasteiger partial charge in [0.1, 0.15) is 0 Å². The molecular formula is C32H48N2O7. The number of allylic oxidation sites excluding steroid dienone is 3. The van der Waals surface area contributed by atoms with Crippen LogP contribution in [-0.2, 0) is 19.1 Å². The van der Waals surface area contributed by atoms with E-state index in [-0.39, 0.29) is 65.8 Å². The zero-order valence-electron chi connectivity index (χ0n) is 25.7. The lowest BCUT2D eigenvalue weighted by atomic mass is 9.45. The molecule has 0 spiro atoms. The van der Waals surface area contributed by atoms with Crippen LogP contribution in [-0.4, -0.2) is 59.4 Å². The van der Waals surface area contributed by atoms with Crippen LogP contribution >= 0.6 is 0 Å². The largest absolute Gasteiger partial charge is 0.508 e. The van der Waals surface area contributed by atoms with Gasteiger partial charge in [0, 0.05) is 34.9 Å². The molecule has 4 aliphatic carbocycles. The lowest BCUT2D eigenvalue weighted by molar-refractivity contribution is -0.141. The topological polar surface area (TPSA) is 122 Å². The Morgan fingerprint density at radius 1 is 1.07 bits per heavy atom. The number of carboxylic acid groups (broad SMARTS) is 1. The van der Waals surface area contributed by atoms with Crippen molar-refractivity contribution in [2.75, 3.05) is 13.2 Å². The number of carbonyl (C=O) groups is 4. The van der Waals surface area contributed by atoms with Gasteiger partial charge in [0.2, 0.25) is 5.91 Å². The standard InChI is InChI=1S/C32H48N2O7/c1-8-40-30(39)41-17-22-16-20(28(36)37)15-21-9-10-23-24-11-12-26(31(24,6)14-13-25(23)32(21,22)7)27(35)34(19(4)5)29(38)33-18(2)3/h9,15,18-19,22-26H,8,10-14,16-17H2,1-7H3,(H,33,38)(H,36,37)/t22?,23-,24-,25-,26+,31-,32+/m0/s1. The first-order chi connectivity index (χ1) is 19.2. The van der Waals surface area contributed by atoms with Crippen molar-refractivity contribution in [1.82, 2.24) is 10.2 Å². The molecule has 0 aliphatic heterocycles. The Kier molecular flexibility index (Phi) is 8.95. The first-order valence-corrected chi connectivity index (χ1v) is 15.3. The molecule has 0 bridgehead atoms. The van der Waals surface area contributed by atoms with Crippen LogP contribution in [0.15, 0.2) is 23.3 Å². The second kappa shape index (κ2) is 11.8. The second-order valence-corrected chi connectivity index (χ2v) is 13.5. The van der Waals surface area contributed by atoms with Crippen LogP contribution in [0.5, 0.6) is 0 Å². The quantitative estimate of drug-likeness (QED) is 0.362. The highest BCUT2D eigenvalue weighted by atomic mass is 16.7. The number of nitrogens with one attached hydrogen (secondary N) is 1. The Hall–Kier alpha value is -2.84.